The summed E-state index contributed by atoms with van der Waals surface area (Å²) in [5.74, 6) is 0.834. The molecule has 0 saturated heterocycles. The molecule has 2 aliphatic rings. The van der Waals surface area contributed by atoms with Crippen LogP contribution in [-0.2, 0) is 0 Å². The van der Waals surface area contributed by atoms with E-state index in [0.29, 0.717) is 0 Å². The van der Waals surface area contributed by atoms with Gasteiger partial charge >= 0.3 is 5.69 Å². The van der Waals surface area contributed by atoms with Gasteiger partial charge in [0.05, 0.1) is 12.1 Å². The zero-order valence-corrected chi connectivity index (χ0v) is 11.5. The van der Waals surface area contributed by atoms with Crippen LogP contribution in [0.4, 0.5) is 0 Å². The largest absolute Gasteiger partial charge is 0.347 e. The number of nitrogens with zero attached hydrogens (tertiary/aromatic N) is 3. The van der Waals surface area contributed by atoms with Gasteiger partial charge in [-0.05, 0) is 45.4 Å². The molecule has 0 saturated carbocycles. The van der Waals surface area contributed by atoms with E-state index in [4.69, 9.17) is 0 Å². The summed E-state index contributed by atoms with van der Waals surface area (Å²) in [5, 5.41) is 4.49. The molecule has 0 fully saturated rings. The molecule has 0 spiro atoms. The standard InChI is InChI=1S/C15H21N3O/c1-12-16-18(14-10-6-3-7-11-14)15(19)17(12)13-8-4-2-5-9-13/h4,6,8,10,13-14H,2-3,5,7,9,11H2,1H3. The van der Waals surface area contributed by atoms with Crippen LogP contribution >= 0.6 is 0 Å². The van der Waals surface area contributed by atoms with Crippen molar-refractivity contribution in [2.75, 3.05) is 0 Å². The van der Waals surface area contributed by atoms with Crippen LogP contribution in [0.5, 0.6) is 0 Å². The van der Waals surface area contributed by atoms with Gasteiger partial charge in [-0.2, -0.15) is 5.10 Å². The second-order valence-electron chi connectivity index (χ2n) is 5.50. The molecular weight excluding hydrogens is 238 g/mol. The van der Waals surface area contributed by atoms with Crippen LogP contribution in [0.3, 0.4) is 0 Å². The van der Waals surface area contributed by atoms with Gasteiger partial charge in [0.1, 0.15) is 5.82 Å². The molecule has 0 bridgehead atoms. The van der Waals surface area contributed by atoms with Crippen molar-refractivity contribution in [3.05, 3.63) is 40.6 Å². The van der Waals surface area contributed by atoms with Crippen molar-refractivity contribution in [1.82, 2.24) is 14.3 Å². The summed E-state index contributed by atoms with van der Waals surface area (Å²) >= 11 is 0. The first-order chi connectivity index (χ1) is 9.27. The molecule has 4 nitrogen and oxygen atoms in total. The van der Waals surface area contributed by atoms with Crippen molar-refractivity contribution < 1.29 is 0 Å². The molecule has 102 valence electrons. The van der Waals surface area contributed by atoms with E-state index in [1.807, 2.05) is 11.5 Å². The van der Waals surface area contributed by atoms with E-state index in [2.05, 4.69) is 29.4 Å². The van der Waals surface area contributed by atoms with E-state index in [9.17, 15) is 4.79 Å². The molecule has 2 unspecified atom stereocenters. The lowest BCUT2D eigenvalue weighted by molar-refractivity contribution is 0.443. The van der Waals surface area contributed by atoms with E-state index in [1.54, 1.807) is 4.68 Å². The smallest absolute Gasteiger partial charge is 0.272 e. The second kappa shape index (κ2) is 5.19. The van der Waals surface area contributed by atoms with Gasteiger partial charge in [0, 0.05) is 0 Å². The lowest BCUT2D eigenvalue weighted by Gasteiger charge is -2.18. The zero-order valence-electron chi connectivity index (χ0n) is 11.5. The summed E-state index contributed by atoms with van der Waals surface area (Å²) in [6.45, 7) is 1.94. The van der Waals surface area contributed by atoms with Crippen molar-refractivity contribution >= 4 is 0 Å². The van der Waals surface area contributed by atoms with Crippen LogP contribution in [0, 0.1) is 6.92 Å². The fourth-order valence-corrected chi connectivity index (χ4v) is 3.10. The number of allylic oxidation sites excluding steroid dienone is 4. The number of hydrogen-bond acceptors (Lipinski definition) is 2. The topological polar surface area (TPSA) is 39.8 Å². The van der Waals surface area contributed by atoms with E-state index >= 15 is 0 Å². The Morgan fingerprint density at radius 1 is 1.11 bits per heavy atom. The van der Waals surface area contributed by atoms with Crippen molar-refractivity contribution in [2.24, 2.45) is 0 Å². The average molecular weight is 259 g/mol. The van der Waals surface area contributed by atoms with Crippen LogP contribution in [-0.4, -0.2) is 14.3 Å². The molecule has 2 aliphatic carbocycles. The first-order valence-corrected chi connectivity index (χ1v) is 7.28. The maximum absolute atomic E-state index is 12.6. The predicted octanol–water partition coefficient (Wildman–Crippen LogP) is 2.92. The first kappa shape index (κ1) is 12.5. The lowest BCUT2D eigenvalue weighted by atomic mass is 10.0. The molecule has 1 aromatic rings. The Hall–Kier alpha value is -1.58. The Bertz CT molecular complexity index is 564. The molecule has 3 rings (SSSR count). The molecule has 2 atom stereocenters. The predicted molar refractivity (Wildman–Crippen MR) is 75.3 cm³/mol. The molecule has 19 heavy (non-hydrogen) atoms. The Labute approximate surface area is 113 Å². The van der Waals surface area contributed by atoms with E-state index in [1.165, 1.54) is 0 Å². The van der Waals surface area contributed by atoms with Crippen LogP contribution in [0.25, 0.3) is 0 Å². The normalized spacial score (nSPS) is 26.8. The minimum Gasteiger partial charge on any atom is -0.272 e. The quantitative estimate of drug-likeness (QED) is 0.766. The highest BCUT2D eigenvalue weighted by Gasteiger charge is 2.22. The van der Waals surface area contributed by atoms with Gasteiger partial charge in [0.25, 0.3) is 0 Å². The Kier molecular flexibility index (Phi) is 3.40. The summed E-state index contributed by atoms with van der Waals surface area (Å²) in [4.78, 5) is 12.6. The van der Waals surface area contributed by atoms with Crippen molar-refractivity contribution in [2.45, 2.75) is 57.5 Å². The Morgan fingerprint density at radius 3 is 2.32 bits per heavy atom. The molecular formula is C15H21N3O. The number of aromatic nitrogens is 3. The molecule has 0 aromatic carbocycles. The van der Waals surface area contributed by atoms with Crippen LogP contribution in [0.2, 0.25) is 0 Å². The van der Waals surface area contributed by atoms with Crippen LogP contribution in [0.1, 0.15) is 56.4 Å². The van der Waals surface area contributed by atoms with Crippen molar-refractivity contribution in [3.8, 4) is 0 Å². The summed E-state index contributed by atoms with van der Waals surface area (Å²) in [5.41, 5.74) is 0.0469. The summed E-state index contributed by atoms with van der Waals surface area (Å²) in [7, 11) is 0. The molecule has 0 amide bonds. The third-order valence-electron chi connectivity index (χ3n) is 4.11. The van der Waals surface area contributed by atoms with E-state index in [-0.39, 0.29) is 17.8 Å². The Balaban J connectivity index is 1.98. The lowest BCUT2D eigenvalue weighted by Crippen LogP contribution is -2.30. The fraction of sp³-hybridized carbons (Fsp3) is 0.600. The Morgan fingerprint density at radius 2 is 1.74 bits per heavy atom. The van der Waals surface area contributed by atoms with Gasteiger partial charge in [0.15, 0.2) is 0 Å². The van der Waals surface area contributed by atoms with E-state index in [0.717, 1.165) is 44.3 Å². The molecule has 4 heteroatoms. The fourth-order valence-electron chi connectivity index (χ4n) is 3.10. The summed E-state index contributed by atoms with van der Waals surface area (Å²) < 4.78 is 3.53. The molecule has 1 aromatic heterocycles. The highest BCUT2D eigenvalue weighted by atomic mass is 16.2. The summed E-state index contributed by atoms with van der Waals surface area (Å²) in [6, 6.07) is 0.344. The molecule has 0 N–H and O–H groups in total. The van der Waals surface area contributed by atoms with Gasteiger partial charge in [0.2, 0.25) is 0 Å². The maximum Gasteiger partial charge on any atom is 0.347 e. The highest BCUT2D eigenvalue weighted by molar-refractivity contribution is 5.03. The van der Waals surface area contributed by atoms with Crippen LogP contribution in [0.15, 0.2) is 29.1 Å². The van der Waals surface area contributed by atoms with E-state index < -0.39 is 0 Å². The van der Waals surface area contributed by atoms with Crippen molar-refractivity contribution in [1.29, 1.82) is 0 Å². The number of aryl methyl sites for hydroxylation is 1. The maximum atomic E-state index is 12.6. The van der Waals surface area contributed by atoms with Gasteiger partial charge < -0.3 is 0 Å². The third-order valence-corrected chi connectivity index (χ3v) is 4.11. The monoisotopic (exact) mass is 259 g/mol. The highest BCUT2D eigenvalue weighted by Crippen LogP contribution is 2.24. The van der Waals surface area contributed by atoms with Gasteiger partial charge in [-0.1, -0.05) is 24.3 Å². The molecule has 0 aliphatic heterocycles. The van der Waals surface area contributed by atoms with Crippen molar-refractivity contribution in [3.63, 3.8) is 0 Å². The molecule has 1 heterocycles. The first-order valence-electron chi connectivity index (χ1n) is 7.28. The van der Waals surface area contributed by atoms with Crippen LogP contribution < -0.4 is 5.69 Å². The average Bonchev–Trinajstić information content (AvgIpc) is 2.76. The number of hydrogen-bond donors (Lipinski definition) is 0. The third kappa shape index (κ3) is 2.31. The number of rotatable bonds is 2. The van der Waals surface area contributed by atoms with Gasteiger partial charge in [-0.3, -0.25) is 4.57 Å². The van der Waals surface area contributed by atoms with Gasteiger partial charge in [-0.15, -0.1) is 0 Å². The zero-order chi connectivity index (χ0) is 13.2. The van der Waals surface area contributed by atoms with Gasteiger partial charge in [-0.25, -0.2) is 9.48 Å². The SMILES string of the molecule is Cc1nn(C2C=CCCC2)c(=O)n1C1C=CCCC1. The minimum atomic E-state index is 0.0469. The second-order valence-corrected chi connectivity index (χ2v) is 5.50. The molecule has 0 radical (unpaired) electrons. The minimum absolute atomic E-state index is 0.0469. The summed E-state index contributed by atoms with van der Waals surface area (Å²) in [6.07, 6.45) is 15.2.